The van der Waals surface area contributed by atoms with Crippen molar-refractivity contribution in [1.29, 1.82) is 0 Å². The Hall–Kier alpha value is -1.16. The summed E-state index contributed by atoms with van der Waals surface area (Å²) < 4.78 is 6.04. The summed E-state index contributed by atoms with van der Waals surface area (Å²) in [6, 6.07) is 0. The molecule has 2 aliphatic heterocycles. The summed E-state index contributed by atoms with van der Waals surface area (Å²) >= 11 is 0. The maximum Gasteiger partial charge on any atom is 0.303 e. The molecule has 21 heavy (non-hydrogen) atoms. The predicted molar refractivity (Wildman–Crippen MR) is 80.0 cm³/mol. The molecule has 0 aromatic carbocycles. The Labute approximate surface area is 126 Å². The minimum absolute atomic E-state index is 0.246. The number of fused-ring (bicyclic) bond motifs is 2. The van der Waals surface area contributed by atoms with Gasteiger partial charge in [-0.15, -0.1) is 0 Å². The van der Waals surface area contributed by atoms with Crippen LogP contribution in [-0.4, -0.2) is 29.6 Å². The van der Waals surface area contributed by atoms with Crippen molar-refractivity contribution in [2.45, 2.75) is 70.0 Å². The number of carboxylic acids is 1. The highest BCUT2D eigenvalue weighted by atomic mass is 16.5. The number of aldehydes is 1. The highest BCUT2D eigenvalue weighted by molar-refractivity contribution is 5.66. The first-order valence-corrected chi connectivity index (χ1v) is 8.18. The highest BCUT2D eigenvalue weighted by Gasteiger charge is 2.47. The molecule has 0 radical (unpaired) electrons. The smallest absolute Gasteiger partial charge is 0.303 e. The van der Waals surface area contributed by atoms with Crippen LogP contribution < -0.4 is 0 Å². The maximum atomic E-state index is 10.5. The van der Waals surface area contributed by atoms with Crippen molar-refractivity contribution in [2.75, 3.05) is 0 Å². The van der Waals surface area contributed by atoms with Gasteiger partial charge >= 0.3 is 5.97 Å². The zero-order valence-corrected chi connectivity index (χ0v) is 12.6. The van der Waals surface area contributed by atoms with Crippen LogP contribution in [0.5, 0.6) is 0 Å². The van der Waals surface area contributed by atoms with Gasteiger partial charge in [0.25, 0.3) is 0 Å². The number of carboxylic acid groups (broad SMARTS) is 1. The van der Waals surface area contributed by atoms with Crippen LogP contribution in [0, 0.1) is 11.8 Å². The van der Waals surface area contributed by atoms with Gasteiger partial charge in [-0.3, -0.25) is 4.79 Å². The lowest BCUT2D eigenvalue weighted by Crippen LogP contribution is -2.26. The van der Waals surface area contributed by atoms with E-state index in [1.54, 1.807) is 0 Å². The summed E-state index contributed by atoms with van der Waals surface area (Å²) in [6.07, 6.45) is 14.0. The van der Waals surface area contributed by atoms with Gasteiger partial charge < -0.3 is 14.6 Å². The highest BCUT2D eigenvalue weighted by Crippen LogP contribution is 2.47. The van der Waals surface area contributed by atoms with Crippen LogP contribution in [0.2, 0.25) is 0 Å². The van der Waals surface area contributed by atoms with Gasteiger partial charge in [-0.1, -0.05) is 12.2 Å². The van der Waals surface area contributed by atoms with E-state index in [4.69, 9.17) is 9.84 Å². The van der Waals surface area contributed by atoms with E-state index in [2.05, 4.69) is 12.2 Å². The number of ether oxygens (including phenoxy) is 1. The van der Waals surface area contributed by atoms with Crippen molar-refractivity contribution >= 4 is 12.3 Å². The lowest BCUT2D eigenvalue weighted by atomic mass is 9.75. The zero-order valence-electron chi connectivity index (χ0n) is 12.6. The molecular formula is C17H26O4. The number of rotatable bonds is 10. The fraction of sp³-hybridized carbons (Fsp3) is 0.765. The second-order valence-corrected chi connectivity index (χ2v) is 6.21. The summed E-state index contributed by atoms with van der Waals surface area (Å²) in [5.41, 5.74) is 0. The molecule has 118 valence electrons. The normalized spacial score (nSPS) is 31.0. The van der Waals surface area contributed by atoms with E-state index in [1.165, 1.54) is 12.8 Å². The van der Waals surface area contributed by atoms with Crippen molar-refractivity contribution in [3.05, 3.63) is 12.2 Å². The Kier molecular flexibility index (Phi) is 6.43. The van der Waals surface area contributed by atoms with E-state index >= 15 is 0 Å². The van der Waals surface area contributed by atoms with Gasteiger partial charge in [-0.2, -0.15) is 0 Å². The Morgan fingerprint density at radius 1 is 1.10 bits per heavy atom. The monoisotopic (exact) mass is 294 g/mol. The molecule has 4 nitrogen and oxygen atoms in total. The number of carbonyl (C=O) groups excluding carboxylic acids is 1. The van der Waals surface area contributed by atoms with Gasteiger partial charge in [-0.25, -0.2) is 0 Å². The number of allylic oxidation sites excluding steroid dienone is 2. The number of hydrogen-bond donors (Lipinski definition) is 1. The Morgan fingerprint density at radius 3 is 2.57 bits per heavy atom. The first-order chi connectivity index (χ1) is 10.2. The molecule has 2 rings (SSSR count). The maximum absolute atomic E-state index is 10.5. The first kappa shape index (κ1) is 16.2. The molecule has 0 unspecified atom stereocenters. The van der Waals surface area contributed by atoms with E-state index in [0.717, 1.165) is 32.0 Å². The molecule has 2 bridgehead atoms. The average molecular weight is 294 g/mol. The van der Waals surface area contributed by atoms with Crippen LogP contribution in [0.15, 0.2) is 12.2 Å². The summed E-state index contributed by atoms with van der Waals surface area (Å²) in [4.78, 5) is 20.9. The fourth-order valence-electron chi connectivity index (χ4n) is 3.78. The van der Waals surface area contributed by atoms with Gasteiger partial charge in [0, 0.05) is 12.8 Å². The molecule has 2 aliphatic rings. The third-order valence-corrected chi connectivity index (χ3v) is 4.79. The van der Waals surface area contributed by atoms with Crippen molar-refractivity contribution in [3.8, 4) is 0 Å². The van der Waals surface area contributed by atoms with Gasteiger partial charge in [-0.05, 0) is 56.8 Å². The number of unbranched alkanes of at least 4 members (excludes halogenated alkanes) is 2. The second kappa shape index (κ2) is 8.32. The average Bonchev–Trinajstić information content (AvgIpc) is 3.04. The quantitative estimate of drug-likeness (QED) is 0.381. The van der Waals surface area contributed by atoms with Gasteiger partial charge in [0.1, 0.15) is 6.29 Å². The summed E-state index contributed by atoms with van der Waals surface area (Å²) in [5, 5.41) is 8.59. The predicted octanol–water partition coefficient (Wildman–Crippen LogP) is 3.35. The number of carbonyl (C=O) groups is 2. The minimum atomic E-state index is -0.722. The van der Waals surface area contributed by atoms with Crippen molar-refractivity contribution < 1.29 is 19.4 Å². The SMILES string of the molecule is O=CCCC[C@H]1[C@@H](C/C=C\CCCC(=O)O)[C@H]2CC[C@@H]1O2. The van der Waals surface area contributed by atoms with Crippen LogP contribution >= 0.6 is 0 Å². The van der Waals surface area contributed by atoms with E-state index in [9.17, 15) is 9.59 Å². The largest absolute Gasteiger partial charge is 0.481 e. The molecule has 1 N–H and O–H groups in total. The summed E-state index contributed by atoms with van der Waals surface area (Å²) in [7, 11) is 0. The Bertz CT molecular complexity index is 377. The molecule has 2 saturated heterocycles. The molecule has 0 aromatic heterocycles. The molecule has 4 heteroatoms. The van der Waals surface area contributed by atoms with Crippen LogP contribution in [0.1, 0.15) is 57.8 Å². The molecule has 0 saturated carbocycles. The lowest BCUT2D eigenvalue weighted by molar-refractivity contribution is -0.137. The van der Waals surface area contributed by atoms with Crippen molar-refractivity contribution in [3.63, 3.8) is 0 Å². The zero-order chi connectivity index (χ0) is 15.1. The fourth-order valence-corrected chi connectivity index (χ4v) is 3.78. The van der Waals surface area contributed by atoms with Crippen molar-refractivity contribution in [2.24, 2.45) is 11.8 Å². The van der Waals surface area contributed by atoms with Gasteiger partial charge in [0.05, 0.1) is 12.2 Å². The molecule has 2 fully saturated rings. The van der Waals surface area contributed by atoms with E-state index in [0.29, 0.717) is 36.9 Å². The molecule has 2 heterocycles. The third kappa shape index (κ3) is 4.67. The van der Waals surface area contributed by atoms with Gasteiger partial charge in [0.15, 0.2) is 0 Å². The third-order valence-electron chi connectivity index (χ3n) is 4.79. The number of hydrogen-bond acceptors (Lipinski definition) is 3. The van der Waals surface area contributed by atoms with E-state index < -0.39 is 5.97 Å². The summed E-state index contributed by atoms with van der Waals surface area (Å²) in [6.45, 7) is 0. The minimum Gasteiger partial charge on any atom is -0.481 e. The molecule has 0 aromatic rings. The van der Waals surface area contributed by atoms with Crippen LogP contribution in [0.25, 0.3) is 0 Å². The molecule has 0 aliphatic carbocycles. The molecule has 0 amide bonds. The standard InChI is InChI=1S/C17H26O4/c18-12-6-5-8-14-13(15-10-11-16(14)21-15)7-3-1-2-4-9-17(19)20/h1,3,12-16H,2,4-11H2,(H,19,20)/b3-1-/t13-,14+,15-,16+/m1/s1. The molecule has 0 spiro atoms. The van der Waals surface area contributed by atoms with E-state index in [-0.39, 0.29) is 6.42 Å². The lowest BCUT2D eigenvalue weighted by Gasteiger charge is -2.27. The summed E-state index contributed by atoms with van der Waals surface area (Å²) in [5.74, 6) is 0.471. The van der Waals surface area contributed by atoms with Crippen molar-refractivity contribution in [1.82, 2.24) is 0 Å². The van der Waals surface area contributed by atoms with Crippen LogP contribution in [0.3, 0.4) is 0 Å². The number of aliphatic carboxylic acids is 1. The molecule has 4 atom stereocenters. The van der Waals surface area contributed by atoms with Crippen LogP contribution in [-0.2, 0) is 14.3 Å². The topological polar surface area (TPSA) is 63.6 Å². The van der Waals surface area contributed by atoms with Gasteiger partial charge in [0.2, 0.25) is 0 Å². The Balaban J connectivity index is 1.73. The van der Waals surface area contributed by atoms with E-state index in [1.807, 2.05) is 0 Å². The Morgan fingerprint density at radius 2 is 1.86 bits per heavy atom. The van der Waals surface area contributed by atoms with Crippen LogP contribution in [0.4, 0.5) is 0 Å². The first-order valence-electron chi connectivity index (χ1n) is 8.18. The molecular weight excluding hydrogens is 268 g/mol. The second-order valence-electron chi connectivity index (χ2n) is 6.21.